The molecule has 0 saturated carbocycles. The Morgan fingerprint density at radius 2 is 2.12 bits per heavy atom. The van der Waals surface area contributed by atoms with E-state index in [1.807, 2.05) is 0 Å². The zero-order valence-corrected chi connectivity index (χ0v) is 12.4. The van der Waals surface area contributed by atoms with Crippen LogP contribution < -0.4 is 0 Å². The standard InChI is InChI=1S/C12H20BrNOS/c1-3-11(4-2)14(5-6-15)8-10-7-12(13)16-9-10/h7,9,11,15H,3-6,8H2,1-2H3. The molecule has 0 atom stereocenters. The number of hydrogen-bond donors (Lipinski definition) is 1. The van der Waals surface area contributed by atoms with E-state index in [4.69, 9.17) is 5.11 Å². The Morgan fingerprint density at radius 3 is 2.56 bits per heavy atom. The summed E-state index contributed by atoms with van der Waals surface area (Å²) in [6.07, 6.45) is 2.28. The third-order valence-corrected chi connectivity index (χ3v) is 4.41. The Hall–Kier alpha value is 0.100. The van der Waals surface area contributed by atoms with Gasteiger partial charge >= 0.3 is 0 Å². The third kappa shape index (κ3) is 4.17. The van der Waals surface area contributed by atoms with E-state index in [1.165, 1.54) is 9.35 Å². The summed E-state index contributed by atoms with van der Waals surface area (Å²) in [6.45, 7) is 6.36. The van der Waals surface area contributed by atoms with Crippen molar-refractivity contribution in [3.8, 4) is 0 Å². The lowest BCUT2D eigenvalue weighted by atomic mass is 10.1. The molecule has 0 aliphatic heterocycles. The van der Waals surface area contributed by atoms with Crippen molar-refractivity contribution >= 4 is 27.3 Å². The van der Waals surface area contributed by atoms with Crippen LogP contribution in [0.4, 0.5) is 0 Å². The molecule has 0 aliphatic carbocycles. The molecule has 0 fully saturated rings. The van der Waals surface area contributed by atoms with Gasteiger partial charge in [0.15, 0.2) is 0 Å². The first-order valence-electron chi connectivity index (χ1n) is 5.79. The lowest BCUT2D eigenvalue weighted by Crippen LogP contribution is -2.36. The van der Waals surface area contributed by atoms with Crippen molar-refractivity contribution in [2.45, 2.75) is 39.3 Å². The number of aliphatic hydroxyl groups is 1. The number of rotatable bonds is 7. The van der Waals surface area contributed by atoms with Gasteiger partial charge in [-0.15, -0.1) is 11.3 Å². The summed E-state index contributed by atoms with van der Waals surface area (Å²) >= 11 is 5.20. The molecule has 1 aromatic heterocycles. The summed E-state index contributed by atoms with van der Waals surface area (Å²) in [5, 5.41) is 11.3. The predicted molar refractivity (Wildman–Crippen MR) is 73.9 cm³/mol. The molecule has 0 bridgehead atoms. The van der Waals surface area contributed by atoms with Crippen LogP contribution in [0.15, 0.2) is 15.2 Å². The predicted octanol–water partition coefficient (Wildman–Crippen LogP) is 3.49. The SMILES string of the molecule is CCC(CC)N(CCO)Cc1csc(Br)c1. The van der Waals surface area contributed by atoms with E-state index in [9.17, 15) is 0 Å². The highest BCUT2D eigenvalue weighted by molar-refractivity contribution is 9.11. The van der Waals surface area contributed by atoms with Gasteiger partial charge in [-0.2, -0.15) is 0 Å². The molecule has 0 amide bonds. The minimum absolute atomic E-state index is 0.238. The molecular weight excluding hydrogens is 286 g/mol. The normalized spacial score (nSPS) is 11.6. The van der Waals surface area contributed by atoms with Gasteiger partial charge in [0, 0.05) is 19.1 Å². The average molecular weight is 306 g/mol. The zero-order valence-electron chi connectivity index (χ0n) is 9.95. The van der Waals surface area contributed by atoms with Gasteiger partial charge in [-0.05, 0) is 45.8 Å². The van der Waals surface area contributed by atoms with Crippen molar-refractivity contribution < 1.29 is 5.11 Å². The Bertz CT molecular complexity index is 299. The quantitative estimate of drug-likeness (QED) is 0.833. The molecule has 92 valence electrons. The zero-order chi connectivity index (χ0) is 12.0. The van der Waals surface area contributed by atoms with Crippen molar-refractivity contribution in [3.63, 3.8) is 0 Å². The maximum absolute atomic E-state index is 9.11. The summed E-state index contributed by atoms with van der Waals surface area (Å²) in [4.78, 5) is 2.37. The third-order valence-electron chi connectivity index (χ3n) is 2.85. The second-order valence-corrected chi connectivity index (χ2v) is 6.21. The second-order valence-electron chi connectivity index (χ2n) is 3.92. The number of halogens is 1. The van der Waals surface area contributed by atoms with E-state index in [1.54, 1.807) is 11.3 Å². The van der Waals surface area contributed by atoms with Crippen LogP contribution in [0.5, 0.6) is 0 Å². The van der Waals surface area contributed by atoms with E-state index in [0.29, 0.717) is 6.04 Å². The van der Waals surface area contributed by atoms with Gasteiger partial charge in [-0.3, -0.25) is 4.90 Å². The topological polar surface area (TPSA) is 23.5 Å². The van der Waals surface area contributed by atoms with Gasteiger partial charge in [0.25, 0.3) is 0 Å². The van der Waals surface area contributed by atoms with Crippen LogP contribution in [0.1, 0.15) is 32.3 Å². The fraction of sp³-hybridized carbons (Fsp3) is 0.667. The highest BCUT2D eigenvalue weighted by Crippen LogP contribution is 2.23. The second kappa shape index (κ2) is 7.43. The Balaban J connectivity index is 2.63. The van der Waals surface area contributed by atoms with Gasteiger partial charge in [-0.1, -0.05) is 13.8 Å². The van der Waals surface area contributed by atoms with Crippen LogP contribution in [0.25, 0.3) is 0 Å². The molecule has 2 nitrogen and oxygen atoms in total. The summed E-state index contributed by atoms with van der Waals surface area (Å²) in [5.74, 6) is 0. The maximum Gasteiger partial charge on any atom is 0.0701 e. The molecule has 1 aromatic rings. The molecule has 0 aliphatic rings. The number of nitrogens with zero attached hydrogens (tertiary/aromatic N) is 1. The van der Waals surface area contributed by atoms with Gasteiger partial charge in [0.05, 0.1) is 10.4 Å². The fourth-order valence-electron chi connectivity index (χ4n) is 1.99. The van der Waals surface area contributed by atoms with Crippen molar-refractivity contribution in [1.82, 2.24) is 4.90 Å². The maximum atomic E-state index is 9.11. The smallest absolute Gasteiger partial charge is 0.0701 e. The van der Waals surface area contributed by atoms with Gasteiger partial charge in [0.1, 0.15) is 0 Å². The molecule has 0 aromatic carbocycles. The molecule has 0 spiro atoms. The van der Waals surface area contributed by atoms with E-state index < -0.39 is 0 Å². The summed E-state index contributed by atoms with van der Waals surface area (Å²) in [5.41, 5.74) is 1.33. The number of aliphatic hydroxyl groups excluding tert-OH is 1. The highest BCUT2D eigenvalue weighted by atomic mass is 79.9. The average Bonchev–Trinajstić information content (AvgIpc) is 2.66. The molecule has 1 rings (SSSR count). The van der Waals surface area contributed by atoms with Crippen LogP contribution in [-0.2, 0) is 6.54 Å². The molecule has 1 heterocycles. The van der Waals surface area contributed by atoms with Crippen LogP contribution in [0, 0.1) is 0 Å². The van der Waals surface area contributed by atoms with E-state index in [-0.39, 0.29) is 6.61 Å². The van der Waals surface area contributed by atoms with Crippen molar-refractivity contribution in [3.05, 3.63) is 20.8 Å². The van der Waals surface area contributed by atoms with Gasteiger partial charge in [0.2, 0.25) is 0 Å². The Morgan fingerprint density at radius 1 is 1.44 bits per heavy atom. The van der Waals surface area contributed by atoms with Crippen LogP contribution >= 0.6 is 27.3 Å². The van der Waals surface area contributed by atoms with Gasteiger partial charge in [-0.25, -0.2) is 0 Å². The fourth-order valence-corrected chi connectivity index (χ4v) is 3.19. The summed E-state index contributed by atoms with van der Waals surface area (Å²) in [6, 6.07) is 2.74. The van der Waals surface area contributed by atoms with E-state index >= 15 is 0 Å². The molecule has 0 radical (unpaired) electrons. The molecule has 0 saturated heterocycles. The number of thiophene rings is 1. The highest BCUT2D eigenvalue weighted by Gasteiger charge is 2.15. The summed E-state index contributed by atoms with van der Waals surface area (Å²) in [7, 11) is 0. The van der Waals surface area contributed by atoms with Gasteiger partial charge < -0.3 is 5.11 Å². The Labute approximate surface area is 110 Å². The van der Waals surface area contributed by atoms with E-state index in [2.05, 4.69) is 46.1 Å². The number of hydrogen-bond acceptors (Lipinski definition) is 3. The molecule has 4 heteroatoms. The lowest BCUT2D eigenvalue weighted by Gasteiger charge is -2.29. The van der Waals surface area contributed by atoms with Crippen molar-refractivity contribution in [1.29, 1.82) is 0 Å². The largest absolute Gasteiger partial charge is 0.395 e. The first-order chi connectivity index (χ1) is 7.71. The molecule has 16 heavy (non-hydrogen) atoms. The van der Waals surface area contributed by atoms with Crippen molar-refractivity contribution in [2.75, 3.05) is 13.2 Å². The molecular formula is C12H20BrNOS. The first kappa shape index (κ1) is 14.2. The van der Waals surface area contributed by atoms with Crippen LogP contribution in [0.2, 0.25) is 0 Å². The van der Waals surface area contributed by atoms with E-state index in [0.717, 1.165) is 25.9 Å². The van der Waals surface area contributed by atoms with Crippen molar-refractivity contribution in [2.24, 2.45) is 0 Å². The minimum Gasteiger partial charge on any atom is -0.395 e. The summed E-state index contributed by atoms with van der Waals surface area (Å²) < 4.78 is 1.18. The van der Waals surface area contributed by atoms with Crippen LogP contribution in [-0.4, -0.2) is 29.2 Å². The monoisotopic (exact) mass is 305 g/mol. The van der Waals surface area contributed by atoms with Crippen LogP contribution in [0.3, 0.4) is 0 Å². The first-order valence-corrected chi connectivity index (χ1v) is 7.46. The Kier molecular flexibility index (Phi) is 6.58. The molecule has 1 N–H and O–H groups in total. The minimum atomic E-state index is 0.238. The lowest BCUT2D eigenvalue weighted by molar-refractivity contribution is 0.137. The molecule has 0 unspecified atom stereocenters.